The third kappa shape index (κ3) is 7.74. The molecule has 0 aromatic carbocycles. The molecule has 0 radical (unpaired) electrons. The molecule has 0 rings (SSSR count). The first-order valence-electron chi connectivity index (χ1n) is 6.85. The van der Waals surface area contributed by atoms with Gasteiger partial charge in [-0.3, -0.25) is 0 Å². The first kappa shape index (κ1) is 16.9. The summed E-state index contributed by atoms with van der Waals surface area (Å²) in [5.41, 5.74) is -0.312. The number of nitrogens with zero attached hydrogens (tertiary/aromatic N) is 1. The third-order valence-electron chi connectivity index (χ3n) is 3.12. The zero-order valence-corrected chi connectivity index (χ0v) is 12.6. The maximum Gasteiger partial charge on any atom is 0.0718 e. The van der Waals surface area contributed by atoms with Crippen LogP contribution in [-0.2, 0) is 0 Å². The number of nitrogens with one attached hydrogen (secondary N) is 1. The Labute approximate surface area is 108 Å². The van der Waals surface area contributed by atoms with Crippen LogP contribution in [0.2, 0.25) is 0 Å². The van der Waals surface area contributed by atoms with Crippen LogP contribution in [0.15, 0.2) is 0 Å². The third-order valence-corrected chi connectivity index (χ3v) is 3.12. The molecule has 0 aromatic heterocycles. The van der Waals surface area contributed by atoms with Crippen LogP contribution in [0, 0.1) is 5.41 Å². The van der Waals surface area contributed by atoms with Crippen molar-refractivity contribution in [2.75, 3.05) is 33.2 Å². The van der Waals surface area contributed by atoms with Crippen molar-refractivity contribution in [2.24, 2.45) is 5.41 Å². The largest absolute Gasteiger partial charge is 0.389 e. The average molecular weight is 244 g/mol. The molecule has 104 valence electrons. The Balaban J connectivity index is 4.48. The van der Waals surface area contributed by atoms with E-state index in [1.807, 2.05) is 20.9 Å². The summed E-state index contributed by atoms with van der Waals surface area (Å²) in [6, 6.07) is 0. The molecule has 0 amide bonds. The van der Waals surface area contributed by atoms with E-state index in [0.717, 1.165) is 26.2 Å². The Kier molecular flexibility index (Phi) is 7.29. The van der Waals surface area contributed by atoms with Gasteiger partial charge in [0.2, 0.25) is 0 Å². The molecule has 0 bridgehead atoms. The highest BCUT2D eigenvalue weighted by Crippen LogP contribution is 2.24. The summed E-state index contributed by atoms with van der Waals surface area (Å²) < 4.78 is 0. The summed E-state index contributed by atoms with van der Waals surface area (Å²) in [7, 11) is 2.01. The van der Waals surface area contributed by atoms with Gasteiger partial charge in [0, 0.05) is 19.6 Å². The number of hydrogen-bond donors (Lipinski definition) is 2. The summed E-state index contributed by atoms with van der Waals surface area (Å²) in [4.78, 5) is 2.35. The number of likely N-dealkylation sites (N-methyl/N-ethyl adjacent to an activating group) is 1. The molecule has 1 unspecified atom stereocenters. The lowest BCUT2D eigenvalue weighted by molar-refractivity contribution is 0.0228. The molecule has 0 heterocycles. The van der Waals surface area contributed by atoms with E-state index in [9.17, 15) is 5.11 Å². The van der Waals surface area contributed by atoms with Gasteiger partial charge in [-0.25, -0.2) is 0 Å². The van der Waals surface area contributed by atoms with Crippen LogP contribution in [-0.4, -0.2) is 48.8 Å². The maximum atomic E-state index is 9.92. The van der Waals surface area contributed by atoms with Crippen molar-refractivity contribution in [1.29, 1.82) is 0 Å². The standard InChI is InChI=1S/C14H32N2O/c1-7-9-14(5,10-15-6)12-16(8-2)11-13(3,4)17/h15,17H,7-12H2,1-6H3. The highest BCUT2D eigenvalue weighted by atomic mass is 16.3. The van der Waals surface area contributed by atoms with Crippen molar-refractivity contribution < 1.29 is 5.11 Å². The Morgan fingerprint density at radius 2 is 1.71 bits per heavy atom. The molecule has 0 aliphatic rings. The molecule has 3 heteroatoms. The minimum atomic E-state index is -0.608. The normalized spacial score (nSPS) is 16.2. The minimum absolute atomic E-state index is 0.296. The van der Waals surface area contributed by atoms with Gasteiger partial charge in [0.05, 0.1) is 5.60 Å². The van der Waals surface area contributed by atoms with Crippen LogP contribution in [0.4, 0.5) is 0 Å². The van der Waals surface area contributed by atoms with Gasteiger partial charge < -0.3 is 15.3 Å². The van der Waals surface area contributed by atoms with Crippen molar-refractivity contribution in [3.8, 4) is 0 Å². The molecule has 0 aromatic rings. The molecule has 0 saturated carbocycles. The molecule has 0 aliphatic heterocycles. The quantitative estimate of drug-likeness (QED) is 0.652. The molecular weight excluding hydrogens is 212 g/mol. The molecule has 0 saturated heterocycles. The first-order valence-corrected chi connectivity index (χ1v) is 6.85. The smallest absolute Gasteiger partial charge is 0.0718 e. The van der Waals surface area contributed by atoms with Crippen LogP contribution >= 0.6 is 0 Å². The van der Waals surface area contributed by atoms with E-state index in [4.69, 9.17) is 0 Å². The zero-order chi connectivity index (χ0) is 13.5. The molecule has 3 nitrogen and oxygen atoms in total. The van der Waals surface area contributed by atoms with Gasteiger partial charge in [-0.2, -0.15) is 0 Å². The van der Waals surface area contributed by atoms with Gasteiger partial charge in [-0.05, 0) is 39.3 Å². The first-order chi connectivity index (χ1) is 7.76. The minimum Gasteiger partial charge on any atom is -0.389 e. The van der Waals surface area contributed by atoms with E-state index in [2.05, 4.69) is 31.0 Å². The molecule has 1 atom stereocenters. The monoisotopic (exact) mass is 244 g/mol. The molecule has 0 fully saturated rings. The van der Waals surface area contributed by atoms with Crippen LogP contribution in [0.5, 0.6) is 0 Å². The number of hydrogen-bond acceptors (Lipinski definition) is 3. The van der Waals surface area contributed by atoms with Crippen molar-refractivity contribution in [3.05, 3.63) is 0 Å². The SMILES string of the molecule is CCCC(C)(CNC)CN(CC)CC(C)(C)O. The highest BCUT2D eigenvalue weighted by molar-refractivity contribution is 4.82. The summed E-state index contributed by atoms with van der Waals surface area (Å²) in [5, 5.41) is 13.2. The second-order valence-electron chi connectivity index (χ2n) is 6.21. The van der Waals surface area contributed by atoms with E-state index in [0.29, 0.717) is 5.41 Å². The fourth-order valence-electron chi connectivity index (χ4n) is 2.62. The van der Waals surface area contributed by atoms with Crippen LogP contribution in [0.1, 0.15) is 47.5 Å². The Morgan fingerprint density at radius 1 is 1.12 bits per heavy atom. The summed E-state index contributed by atoms with van der Waals surface area (Å²) in [6.07, 6.45) is 2.43. The summed E-state index contributed by atoms with van der Waals surface area (Å²) >= 11 is 0. The highest BCUT2D eigenvalue weighted by Gasteiger charge is 2.27. The Morgan fingerprint density at radius 3 is 2.06 bits per heavy atom. The zero-order valence-electron chi connectivity index (χ0n) is 12.6. The van der Waals surface area contributed by atoms with Gasteiger partial charge in [0.25, 0.3) is 0 Å². The Hall–Kier alpha value is -0.120. The lowest BCUT2D eigenvalue weighted by atomic mass is 9.84. The fourth-order valence-corrected chi connectivity index (χ4v) is 2.62. The van der Waals surface area contributed by atoms with Crippen molar-refractivity contribution in [2.45, 2.75) is 53.1 Å². The van der Waals surface area contributed by atoms with Gasteiger partial charge in [-0.15, -0.1) is 0 Å². The Bertz CT molecular complexity index is 193. The topological polar surface area (TPSA) is 35.5 Å². The van der Waals surface area contributed by atoms with E-state index in [1.54, 1.807) is 0 Å². The van der Waals surface area contributed by atoms with Crippen LogP contribution in [0.3, 0.4) is 0 Å². The summed E-state index contributed by atoms with van der Waals surface area (Å²) in [5.74, 6) is 0. The van der Waals surface area contributed by atoms with E-state index in [-0.39, 0.29) is 0 Å². The van der Waals surface area contributed by atoms with Gasteiger partial charge in [0.1, 0.15) is 0 Å². The predicted molar refractivity (Wildman–Crippen MR) is 75.4 cm³/mol. The number of rotatable bonds is 9. The molecule has 0 aliphatic carbocycles. The molecule has 2 N–H and O–H groups in total. The van der Waals surface area contributed by atoms with Gasteiger partial charge in [-0.1, -0.05) is 27.2 Å². The molecule has 0 spiro atoms. The van der Waals surface area contributed by atoms with Crippen LogP contribution < -0.4 is 5.32 Å². The average Bonchev–Trinajstić information content (AvgIpc) is 2.15. The van der Waals surface area contributed by atoms with E-state index >= 15 is 0 Å². The summed E-state index contributed by atoms with van der Waals surface area (Å²) in [6.45, 7) is 14.3. The number of aliphatic hydroxyl groups is 1. The van der Waals surface area contributed by atoms with Gasteiger partial charge in [0.15, 0.2) is 0 Å². The lowest BCUT2D eigenvalue weighted by Crippen LogP contribution is -2.46. The second kappa shape index (κ2) is 7.34. The van der Waals surface area contributed by atoms with Gasteiger partial charge >= 0.3 is 0 Å². The molecule has 17 heavy (non-hydrogen) atoms. The van der Waals surface area contributed by atoms with Crippen molar-refractivity contribution >= 4 is 0 Å². The van der Waals surface area contributed by atoms with E-state index < -0.39 is 5.60 Å². The van der Waals surface area contributed by atoms with Crippen LogP contribution in [0.25, 0.3) is 0 Å². The lowest BCUT2D eigenvalue weighted by Gasteiger charge is -2.37. The van der Waals surface area contributed by atoms with Crippen molar-refractivity contribution in [3.63, 3.8) is 0 Å². The van der Waals surface area contributed by atoms with Crippen molar-refractivity contribution in [1.82, 2.24) is 10.2 Å². The van der Waals surface area contributed by atoms with E-state index in [1.165, 1.54) is 12.8 Å². The second-order valence-corrected chi connectivity index (χ2v) is 6.21. The maximum absolute atomic E-state index is 9.92. The molecular formula is C14H32N2O. The fraction of sp³-hybridized carbons (Fsp3) is 1.00. The predicted octanol–water partition coefficient (Wildman–Crippen LogP) is 2.11.